The predicted molar refractivity (Wildman–Crippen MR) is 70.8 cm³/mol. The molecule has 2 rings (SSSR count). The molecule has 20 heavy (non-hydrogen) atoms. The molecule has 1 aromatic rings. The molecular weight excluding hydrogens is 260 g/mol. The summed E-state index contributed by atoms with van der Waals surface area (Å²) < 4.78 is 0. The zero-order valence-corrected chi connectivity index (χ0v) is 11.4. The lowest BCUT2D eigenvalue weighted by Gasteiger charge is -2.26. The molecule has 1 aliphatic heterocycles. The third kappa shape index (κ3) is 1.72. The SMILES string of the molecule is CC(=O)NC1(C(C)=O)C(=O)N(C(C)=O)c2ccccc21. The van der Waals surface area contributed by atoms with E-state index in [0.29, 0.717) is 11.3 Å². The number of hydrogen-bond acceptors (Lipinski definition) is 4. The highest BCUT2D eigenvalue weighted by Gasteiger charge is 2.56. The summed E-state index contributed by atoms with van der Waals surface area (Å²) in [6.45, 7) is 3.67. The number of amides is 3. The van der Waals surface area contributed by atoms with Crippen molar-refractivity contribution in [2.24, 2.45) is 0 Å². The topological polar surface area (TPSA) is 83.6 Å². The minimum Gasteiger partial charge on any atom is -0.332 e. The highest BCUT2D eigenvalue weighted by atomic mass is 16.2. The summed E-state index contributed by atoms with van der Waals surface area (Å²) in [5.74, 6) is -2.30. The summed E-state index contributed by atoms with van der Waals surface area (Å²) in [5.41, 5.74) is -1.16. The van der Waals surface area contributed by atoms with Gasteiger partial charge in [-0.05, 0) is 13.0 Å². The number of anilines is 1. The highest BCUT2D eigenvalue weighted by molar-refractivity contribution is 6.30. The van der Waals surface area contributed by atoms with Gasteiger partial charge in [0.15, 0.2) is 5.78 Å². The number of Topliss-reactive ketones (excluding diaryl/α,β-unsaturated/α-hetero) is 1. The number of rotatable bonds is 2. The molecule has 0 bridgehead atoms. The van der Waals surface area contributed by atoms with Gasteiger partial charge in [-0.25, -0.2) is 4.90 Å². The minimum atomic E-state index is -1.81. The molecule has 0 saturated carbocycles. The van der Waals surface area contributed by atoms with E-state index in [0.717, 1.165) is 4.90 Å². The van der Waals surface area contributed by atoms with Crippen molar-refractivity contribution in [3.05, 3.63) is 29.8 Å². The van der Waals surface area contributed by atoms with Gasteiger partial charge in [0.2, 0.25) is 17.4 Å². The Morgan fingerprint density at radius 3 is 2.20 bits per heavy atom. The molecule has 0 spiro atoms. The fraction of sp³-hybridized carbons (Fsp3) is 0.286. The van der Waals surface area contributed by atoms with Crippen molar-refractivity contribution in [1.82, 2.24) is 5.32 Å². The standard InChI is InChI=1S/C14H14N2O4/c1-8(17)14(15-9(2)18)11-6-4-5-7-12(11)16(10(3)19)13(14)20/h4-7H,1-3H3,(H,15,18). The molecule has 1 heterocycles. The largest absolute Gasteiger partial charge is 0.332 e. The summed E-state index contributed by atoms with van der Waals surface area (Å²) in [6.07, 6.45) is 0. The molecular formula is C14H14N2O4. The molecule has 0 fully saturated rings. The molecule has 1 unspecified atom stereocenters. The number of fused-ring (bicyclic) bond motifs is 1. The summed E-state index contributed by atoms with van der Waals surface area (Å²) in [5, 5.41) is 2.41. The first-order valence-corrected chi connectivity index (χ1v) is 6.06. The number of carbonyl (C=O) groups is 4. The third-order valence-electron chi connectivity index (χ3n) is 3.28. The zero-order chi connectivity index (χ0) is 15.1. The van der Waals surface area contributed by atoms with E-state index in [4.69, 9.17) is 0 Å². The molecule has 6 nitrogen and oxygen atoms in total. The fourth-order valence-corrected chi connectivity index (χ4v) is 2.50. The van der Waals surface area contributed by atoms with E-state index < -0.39 is 29.0 Å². The van der Waals surface area contributed by atoms with Gasteiger partial charge < -0.3 is 5.32 Å². The van der Waals surface area contributed by atoms with E-state index in [-0.39, 0.29) is 0 Å². The van der Waals surface area contributed by atoms with Crippen molar-refractivity contribution in [2.75, 3.05) is 4.90 Å². The molecule has 0 saturated heterocycles. The van der Waals surface area contributed by atoms with Gasteiger partial charge in [0.1, 0.15) is 0 Å². The van der Waals surface area contributed by atoms with Gasteiger partial charge in [0, 0.05) is 19.4 Å². The Kier molecular flexibility index (Phi) is 3.17. The van der Waals surface area contributed by atoms with Crippen LogP contribution in [0.4, 0.5) is 5.69 Å². The molecule has 0 aliphatic carbocycles. The minimum absolute atomic E-state index is 0.322. The quantitative estimate of drug-likeness (QED) is 0.796. The summed E-state index contributed by atoms with van der Waals surface area (Å²) in [4.78, 5) is 48.7. The maximum absolute atomic E-state index is 12.6. The van der Waals surface area contributed by atoms with Crippen LogP contribution in [0.5, 0.6) is 0 Å². The Labute approximate surface area is 115 Å². The van der Waals surface area contributed by atoms with Crippen molar-refractivity contribution < 1.29 is 19.2 Å². The number of hydrogen-bond donors (Lipinski definition) is 1. The average Bonchev–Trinajstić information content (AvgIpc) is 2.59. The van der Waals surface area contributed by atoms with Gasteiger partial charge in [-0.3, -0.25) is 19.2 Å². The summed E-state index contributed by atoms with van der Waals surface area (Å²) in [6, 6.07) is 6.44. The second kappa shape index (κ2) is 4.56. The van der Waals surface area contributed by atoms with Crippen LogP contribution in [0.15, 0.2) is 24.3 Å². The molecule has 6 heteroatoms. The van der Waals surface area contributed by atoms with Gasteiger partial charge >= 0.3 is 0 Å². The van der Waals surface area contributed by atoms with E-state index >= 15 is 0 Å². The maximum Gasteiger partial charge on any atom is 0.272 e. The third-order valence-corrected chi connectivity index (χ3v) is 3.28. The van der Waals surface area contributed by atoms with Crippen molar-refractivity contribution in [3.8, 4) is 0 Å². The van der Waals surface area contributed by atoms with Gasteiger partial charge in [0.25, 0.3) is 5.91 Å². The monoisotopic (exact) mass is 274 g/mol. The number of nitrogens with zero attached hydrogens (tertiary/aromatic N) is 1. The van der Waals surface area contributed by atoms with Crippen LogP contribution in [-0.2, 0) is 24.7 Å². The molecule has 1 atom stereocenters. The van der Waals surface area contributed by atoms with Crippen LogP contribution < -0.4 is 10.2 Å². The Bertz CT molecular complexity index is 638. The summed E-state index contributed by atoms with van der Waals surface area (Å²) >= 11 is 0. The first-order valence-electron chi connectivity index (χ1n) is 6.06. The van der Waals surface area contributed by atoms with Crippen LogP contribution in [0.3, 0.4) is 0 Å². The Morgan fingerprint density at radius 1 is 1.10 bits per heavy atom. The van der Waals surface area contributed by atoms with E-state index in [2.05, 4.69) is 5.32 Å². The molecule has 0 aromatic heterocycles. The lowest BCUT2D eigenvalue weighted by Crippen LogP contribution is -2.57. The van der Waals surface area contributed by atoms with Crippen molar-refractivity contribution >= 4 is 29.2 Å². The highest BCUT2D eigenvalue weighted by Crippen LogP contribution is 2.40. The van der Waals surface area contributed by atoms with Crippen LogP contribution in [0, 0.1) is 0 Å². The Balaban J connectivity index is 2.76. The lowest BCUT2D eigenvalue weighted by atomic mass is 9.87. The normalized spacial score (nSPS) is 20.6. The van der Waals surface area contributed by atoms with Crippen LogP contribution in [0.25, 0.3) is 0 Å². The van der Waals surface area contributed by atoms with Crippen molar-refractivity contribution in [2.45, 2.75) is 26.3 Å². The van der Waals surface area contributed by atoms with Crippen LogP contribution in [0.1, 0.15) is 26.3 Å². The molecule has 3 amide bonds. The van der Waals surface area contributed by atoms with Crippen molar-refractivity contribution in [1.29, 1.82) is 0 Å². The second-order valence-corrected chi connectivity index (χ2v) is 4.66. The number of ketones is 1. The number of benzene rings is 1. The van der Waals surface area contributed by atoms with E-state index in [1.165, 1.54) is 20.8 Å². The van der Waals surface area contributed by atoms with Gasteiger partial charge in [-0.1, -0.05) is 18.2 Å². The maximum atomic E-state index is 12.6. The van der Waals surface area contributed by atoms with E-state index in [1.807, 2.05) is 0 Å². The number of nitrogens with one attached hydrogen (secondary N) is 1. The van der Waals surface area contributed by atoms with Crippen LogP contribution >= 0.6 is 0 Å². The molecule has 104 valence electrons. The van der Waals surface area contributed by atoms with Crippen LogP contribution in [0.2, 0.25) is 0 Å². The molecule has 1 aromatic carbocycles. The average molecular weight is 274 g/mol. The smallest absolute Gasteiger partial charge is 0.272 e. The molecule has 1 aliphatic rings. The van der Waals surface area contributed by atoms with Crippen molar-refractivity contribution in [3.63, 3.8) is 0 Å². The first-order chi connectivity index (χ1) is 9.32. The number of carbonyl (C=O) groups excluding carboxylic acids is 4. The predicted octanol–water partition coefficient (Wildman–Crippen LogP) is 0.500. The Hall–Kier alpha value is -2.50. The van der Waals surface area contributed by atoms with E-state index in [9.17, 15) is 19.2 Å². The fourth-order valence-electron chi connectivity index (χ4n) is 2.50. The summed E-state index contributed by atoms with van der Waals surface area (Å²) in [7, 11) is 0. The number of para-hydroxylation sites is 1. The Morgan fingerprint density at radius 2 is 1.70 bits per heavy atom. The molecule has 1 N–H and O–H groups in total. The van der Waals surface area contributed by atoms with Gasteiger partial charge in [-0.2, -0.15) is 0 Å². The zero-order valence-electron chi connectivity index (χ0n) is 11.4. The van der Waals surface area contributed by atoms with Gasteiger partial charge in [-0.15, -0.1) is 0 Å². The van der Waals surface area contributed by atoms with Gasteiger partial charge in [0.05, 0.1) is 5.69 Å². The lowest BCUT2D eigenvalue weighted by molar-refractivity contribution is -0.140. The van der Waals surface area contributed by atoms with Crippen LogP contribution in [-0.4, -0.2) is 23.5 Å². The number of imide groups is 1. The first kappa shape index (κ1) is 13.9. The van der Waals surface area contributed by atoms with E-state index in [1.54, 1.807) is 24.3 Å². The molecule has 0 radical (unpaired) electrons. The second-order valence-electron chi connectivity index (χ2n) is 4.66.